The number of hydrogen-bond acceptors (Lipinski definition) is 0. The predicted octanol–water partition coefficient (Wildman–Crippen LogP) is 2.06. The second-order valence-electron chi connectivity index (χ2n) is 2.66. The molecule has 0 bridgehead atoms. The minimum absolute atomic E-state index is 0.363. The fourth-order valence-corrected chi connectivity index (χ4v) is 2.27. The zero-order valence-electron chi connectivity index (χ0n) is 6.41. The van der Waals surface area contributed by atoms with Crippen LogP contribution in [0.15, 0.2) is 0 Å². The van der Waals surface area contributed by atoms with Crippen LogP contribution >= 0.6 is 0 Å². The van der Waals surface area contributed by atoms with Crippen LogP contribution in [0, 0.1) is 5.92 Å². The van der Waals surface area contributed by atoms with Gasteiger partial charge < -0.3 is 0 Å². The quantitative estimate of drug-likeness (QED) is 0.511. The van der Waals surface area contributed by atoms with Crippen LogP contribution in [-0.2, 0) is 0 Å². The van der Waals surface area contributed by atoms with Gasteiger partial charge in [0.05, 0.1) is 0 Å². The maximum atomic E-state index is 2.36. The van der Waals surface area contributed by atoms with Crippen LogP contribution in [0.1, 0.15) is 27.2 Å². The molecule has 50 valence electrons. The zero-order chi connectivity index (χ0) is 6.41. The molecule has 0 rings (SSSR count). The normalized spacial score (nSPS) is 15.4. The minimum Gasteiger partial charge on any atom is -0.0683 e. The van der Waals surface area contributed by atoms with E-state index in [1.54, 1.807) is 6.04 Å². The molecule has 0 spiro atoms. The van der Waals surface area contributed by atoms with Gasteiger partial charge in [0, 0.05) is 9.52 Å². The Morgan fingerprint density at radius 3 is 2.38 bits per heavy atom. The van der Waals surface area contributed by atoms with Crippen LogP contribution in [0.3, 0.4) is 0 Å². The van der Waals surface area contributed by atoms with Crippen LogP contribution in [0.5, 0.6) is 0 Å². The Morgan fingerprint density at radius 1 is 1.38 bits per heavy atom. The molecule has 0 aliphatic carbocycles. The van der Waals surface area contributed by atoms with Gasteiger partial charge in [-0.15, -0.1) is 0 Å². The molecule has 0 saturated heterocycles. The third kappa shape index (κ3) is 4.38. The minimum atomic E-state index is 0.363. The molecular formula is C7H18Si. The summed E-state index contributed by atoms with van der Waals surface area (Å²) in [6.07, 6.45) is 1.38. The smallest absolute Gasteiger partial charge is 0.0197 e. The van der Waals surface area contributed by atoms with Crippen LogP contribution in [0.2, 0.25) is 12.1 Å². The fourth-order valence-electron chi connectivity index (χ4n) is 0.757. The first kappa shape index (κ1) is 8.22. The van der Waals surface area contributed by atoms with Crippen molar-refractivity contribution < 1.29 is 0 Å². The topological polar surface area (TPSA) is 0 Å². The van der Waals surface area contributed by atoms with Crippen molar-refractivity contribution in [3.8, 4) is 0 Å². The standard InChI is InChI=1S/C7H18Si/c1-4-7(3)6-8-5-2/h7H,4-6,8H2,1-3H3. The lowest BCUT2D eigenvalue weighted by atomic mass is 10.2. The van der Waals surface area contributed by atoms with Crippen molar-refractivity contribution in [3.63, 3.8) is 0 Å². The zero-order valence-corrected chi connectivity index (χ0v) is 7.82. The molecule has 0 aromatic carbocycles. The largest absolute Gasteiger partial charge is 0.0683 e. The highest BCUT2D eigenvalue weighted by Gasteiger charge is 1.95. The first-order valence-corrected chi connectivity index (χ1v) is 5.81. The SMILES string of the molecule is CC[SiH2]CC(C)CC. The molecule has 0 aliphatic rings. The van der Waals surface area contributed by atoms with Crippen molar-refractivity contribution in [1.82, 2.24) is 0 Å². The van der Waals surface area contributed by atoms with Gasteiger partial charge in [0.25, 0.3) is 0 Å². The van der Waals surface area contributed by atoms with E-state index in [-0.39, 0.29) is 0 Å². The van der Waals surface area contributed by atoms with Gasteiger partial charge in [-0.25, -0.2) is 0 Å². The van der Waals surface area contributed by atoms with E-state index in [0.717, 1.165) is 5.92 Å². The maximum absolute atomic E-state index is 2.36. The Bertz CT molecular complexity index is 43.7. The van der Waals surface area contributed by atoms with Crippen molar-refractivity contribution in [1.29, 1.82) is 0 Å². The van der Waals surface area contributed by atoms with E-state index in [1.807, 2.05) is 0 Å². The molecule has 0 amide bonds. The van der Waals surface area contributed by atoms with Crippen LogP contribution in [-0.4, -0.2) is 9.52 Å². The molecule has 0 fully saturated rings. The maximum Gasteiger partial charge on any atom is 0.0197 e. The molecule has 0 aromatic rings. The highest BCUT2D eigenvalue weighted by molar-refractivity contribution is 6.35. The first-order valence-electron chi connectivity index (χ1n) is 3.81. The van der Waals surface area contributed by atoms with Gasteiger partial charge in [0.2, 0.25) is 0 Å². The molecule has 0 aromatic heterocycles. The highest BCUT2D eigenvalue weighted by Crippen LogP contribution is 2.06. The van der Waals surface area contributed by atoms with Crippen molar-refractivity contribution in [2.45, 2.75) is 39.3 Å². The second-order valence-corrected chi connectivity index (χ2v) is 4.94. The van der Waals surface area contributed by atoms with Gasteiger partial charge in [-0.2, -0.15) is 0 Å². The van der Waals surface area contributed by atoms with Crippen molar-refractivity contribution in [2.24, 2.45) is 5.92 Å². The highest BCUT2D eigenvalue weighted by atomic mass is 28.2. The van der Waals surface area contributed by atoms with Gasteiger partial charge in [-0.1, -0.05) is 39.3 Å². The summed E-state index contributed by atoms with van der Waals surface area (Å²) in [7, 11) is 0.363. The Balaban J connectivity index is 2.86. The van der Waals surface area contributed by atoms with Crippen molar-refractivity contribution in [3.05, 3.63) is 0 Å². The van der Waals surface area contributed by atoms with E-state index in [9.17, 15) is 0 Å². The average Bonchev–Trinajstić information content (AvgIpc) is 1.83. The number of rotatable bonds is 4. The fraction of sp³-hybridized carbons (Fsp3) is 1.00. The summed E-state index contributed by atoms with van der Waals surface area (Å²) in [5.41, 5.74) is 0. The van der Waals surface area contributed by atoms with Gasteiger partial charge >= 0.3 is 0 Å². The molecule has 0 saturated carbocycles. The summed E-state index contributed by atoms with van der Waals surface area (Å²) in [5, 5.41) is 0. The Labute approximate surface area is 55.5 Å². The summed E-state index contributed by atoms with van der Waals surface area (Å²) in [5.74, 6) is 1.02. The molecular weight excluding hydrogens is 112 g/mol. The summed E-state index contributed by atoms with van der Waals surface area (Å²) < 4.78 is 0. The molecule has 1 heteroatoms. The summed E-state index contributed by atoms with van der Waals surface area (Å²) >= 11 is 0. The van der Waals surface area contributed by atoms with E-state index >= 15 is 0 Å². The molecule has 0 heterocycles. The van der Waals surface area contributed by atoms with Crippen LogP contribution in [0.4, 0.5) is 0 Å². The Morgan fingerprint density at radius 2 is 2.00 bits per heavy atom. The molecule has 1 atom stereocenters. The lowest BCUT2D eigenvalue weighted by Gasteiger charge is -2.03. The van der Waals surface area contributed by atoms with Crippen molar-refractivity contribution in [2.75, 3.05) is 0 Å². The molecule has 0 aliphatic heterocycles. The summed E-state index contributed by atoms with van der Waals surface area (Å²) in [6.45, 7) is 6.96. The van der Waals surface area contributed by atoms with Crippen LogP contribution in [0.25, 0.3) is 0 Å². The Kier molecular flexibility index (Phi) is 5.50. The third-order valence-corrected chi connectivity index (χ3v) is 3.85. The van der Waals surface area contributed by atoms with Gasteiger partial charge in [-0.05, 0) is 5.92 Å². The monoisotopic (exact) mass is 130 g/mol. The average molecular weight is 130 g/mol. The summed E-state index contributed by atoms with van der Waals surface area (Å²) in [6, 6.07) is 3.05. The van der Waals surface area contributed by atoms with E-state index in [0.29, 0.717) is 9.52 Å². The van der Waals surface area contributed by atoms with E-state index in [4.69, 9.17) is 0 Å². The lowest BCUT2D eigenvalue weighted by Crippen LogP contribution is -1.96. The molecule has 0 nitrogen and oxygen atoms in total. The van der Waals surface area contributed by atoms with E-state index in [1.165, 1.54) is 12.5 Å². The number of hydrogen-bond donors (Lipinski definition) is 0. The van der Waals surface area contributed by atoms with Crippen molar-refractivity contribution >= 4 is 9.52 Å². The first-order chi connectivity index (χ1) is 3.81. The predicted molar refractivity (Wildman–Crippen MR) is 43.3 cm³/mol. The molecule has 0 radical (unpaired) electrons. The molecule has 1 unspecified atom stereocenters. The third-order valence-electron chi connectivity index (χ3n) is 1.75. The van der Waals surface area contributed by atoms with E-state index < -0.39 is 0 Å². The lowest BCUT2D eigenvalue weighted by molar-refractivity contribution is 0.622. The van der Waals surface area contributed by atoms with Gasteiger partial charge in [-0.3, -0.25) is 0 Å². The molecule has 0 N–H and O–H groups in total. The van der Waals surface area contributed by atoms with Gasteiger partial charge in [0.15, 0.2) is 0 Å². The molecule has 8 heavy (non-hydrogen) atoms. The second kappa shape index (κ2) is 5.36. The van der Waals surface area contributed by atoms with E-state index in [2.05, 4.69) is 20.8 Å². The Hall–Kier alpha value is 0.217. The van der Waals surface area contributed by atoms with Crippen LogP contribution < -0.4 is 0 Å². The van der Waals surface area contributed by atoms with Gasteiger partial charge in [0.1, 0.15) is 0 Å². The summed E-state index contributed by atoms with van der Waals surface area (Å²) in [4.78, 5) is 0.